The molecule has 1 heterocycles. The Morgan fingerprint density at radius 3 is 3.00 bits per heavy atom. The number of amides is 1. The number of rotatable bonds is 6. The van der Waals surface area contributed by atoms with E-state index in [0.29, 0.717) is 0 Å². The molecule has 84 valence electrons. The van der Waals surface area contributed by atoms with Gasteiger partial charge in [0.05, 0.1) is 0 Å². The van der Waals surface area contributed by atoms with Crippen LogP contribution in [0.15, 0.2) is 17.5 Å². The third kappa shape index (κ3) is 5.23. The minimum atomic E-state index is 0.0901. The summed E-state index contributed by atoms with van der Waals surface area (Å²) in [5.74, 6) is 2.27. The van der Waals surface area contributed by atoms with Crippen LogP contribution in [0, 0.1) is 5.92 Å². The predicted octanol–water partition coefficient (Wildman–Crippen LogP) is 2.75. The lowest BCUT2D eigenvalue weighted by molar-refractivity contribution is -0.123. The van der Waals surface area contributed by atoms with E-state index in [0.717, 1.165) is 18.1 Å². The molecule has 0 spiro atoms. The number of carbonyl (C=O) groups is 1. The molecule has 0 saturated heterocycles. The Bertz CT molecular complexity index is 283. The minimum absolute atomic E-state index is 0.0901. The van der Waals surface area contributed by atoms with Crippen molar-refractivity contribution in [2.24, 2.45) is 5.92 Å². The number of nitrogens with one attached hydrogen (secondary N) is 1. The van der Waals surface area contributed by atoms with Crippen molar-refractivity contribution < 1.29 is 4.79 Å². The monoisotopic (exact) mass is 243 g/mol. The van der Waals surface area contributed by atoms with Crippen molar-refractivity contribution in [2.75, 3.05) is 12.3 Å². The molecule has 0 unspecified atom stereocenters. The summed E-state index contributed by atoms with van der Waals surface area (Å²) < 4.78 is 0. The highest BCUT2D eigenvalue weighted by Gasteiger charge is 2.04. The fourth-order valence-electron chi connectivity index (χ4n) is 1.02. The van der Waals surface area contributed by atoms with Gasteiger partial charge in [0.25, 0.3) is 0 Å². The van der Waals surface area contributed by atoms with Gasteiger partial charge >= 0.3 is 0 Å². The molecule has 0 fully saturated rings. The van der Waals surface area contributed by atoms with Crippen LogP contribution in [0.25, 0.3) is 0 Å². The topological polar surface area (TPSA) is 29.1 Å². The average molecular weight is 243 g/mol. The molecule has 0 radical (unpaired) electrons. The first kappa shape index (κ1) is 12.6. The van der Waals surface area contributed by atoms with E-state index >= 15 is 0 Å². The van der Waals surface area contributed by atoms with Crippen LogP contribution in [-0.4, -0.2) is 18.2 Å². The molecule has 0 aliphatic rings. The van der Waals surface area contributed by atoms with Crippen LogP contribution in [0.5, 0.6) is 0 Å². The Kier molecular flexibility index (Phi) is 5.79. The van der Waals surface area contributed by atoms with Gasteiger partial charge in [-0.1, -0.05) is 19.9 Å². The van der Waals surface area contributed by atoms with Crippen LogP contribution in [0.4, 0.5) is 0 Å². The minimum Gasteiger partial charge on any atom is -0.355 e. The molecule has 0 aromatic carbocycles. The van der Waals surface area contributed by atoms with Crippen LogP contribution in [0.1, 0.15) is 18.7 Å². The molecule has 0 bridgehead atoms. The quantitative estimate of drug-likeness (QED) is 0.778. The molecule has 1 aromatic rings. The largest absolute Gasteiger partial charge is 0.355 e. The van der Waals surface area contributed by atoms with E-state index in [9.17, 15) is 4.79 Å². The van der Waals surface area contributed by atoms with E-state index in [1.807, 2.05) is 25.6 Å². The summed E-state index contributed by atoms with van der Waals surface area (Å²) in [5, 5.41) is 5.00. The van der Waals surface area contributed by atoms with Crippen molar-refractivity contribution in [1.29, 1.82) is 0 Å². The van der Waals surface area contributed by atoms with Gasteiger partial charge in [-0.3, -0.25) is 4.79 Å². The van der Waals surface area contributed by atoms with Gasteiger partial charge in [-0.25, -0.2) is 0 Å². The third-order valence-corrected chi connectivity index (χ3v) is 3.96. The second-order valence-corrected chi connectivity index (χ2v) is 5.72. The van der Waals surface area contributed by atoms with Gasteiger partial charge in [-0.2, -0.15) is 11.8 Å². The zero-order chi connectivity index (χ0) is 11.1. The Morgan fingerprint density at radius 1 is 1.60 bits per heavy atom. The Hall–Kier alpha value is -0.480. The zero-order valence-corrected chi connectivity index (χ0v) is 10.8. The molecule has 0 saturated carbocycles. The van der Waals surface area contributed by atoms with E-state index in [-0.39, 0.29) is 11.8 Å². The third-order valence-electron chi connectivity index (χ3n) is 1.89. The molecule has 15 heavy (non-hydrogen) atoms. The smallest absolute Gasteiger partial charge is 0.222 e. The predicted molar refractivity (Wildman–Crippen MR) is 68.3 cm³/mol. The summed E-state index contributed by atoms with van der Waals surface area (Å²) in [7, 11) is 0. The Balaban J connectivity index is 2.00. The van der Waals surface area contributed by atoms with E-state index < -0.39 is 0 Å². The van der Waals surface area contributed by atoms with Crippen molar-refractivity contribution in [3.05, 3.63) is 22.4 Å². The summed E-state index contributed by atoms with van der Waals surface area (Å²) in [6.45, 7) is 4.59. The summed E-state index contributed by atoms with van der Waals surface area (Å²) >= 11 is 3.64. The number of hydrogen-bond acceptors (Lipinski definition) is 3. The normalized spacial score (nSPS) is 10.6. The molecule has 2 nitrogen and oxygen atoms in total. The lowest BCUT2D eigenvalue weighted by Gasteiger charge is -2.06. The summed E-state index contributed by atoms with van der Waals surface area (Å²) in [6.07, 6.45) is 0. The molecular weight excluding hydrogens is 226 g/mol. The molecule has 0 atom stereocenters. The second-order valence-electron chi connectivity index (χ2n) is 3.58. The maximum atomic E-state index is 11.2. The Morgan fingerprint density at radius 2 is 2.40 bits per heavy atom. The van der Waals surface area contributed by atoms with Gasteiger partial charge in [0, 0.05) is 28.8 Å². The molecule has 0 aliphatic carbocycles. The summed E-state index contributed by atoms with van der Waals surface area (Å²) in [5.41, 5.74) is 0. The first-order chi connectivity index (χ1) is 7.20. The first-order valence-electron chi connectivity index (χ1n) is 5.08. The molecular formula is C11H17NOS2. The molecule has 1 amide bonds. The molecule has 1 aromatic heterocycles. The van der Waals surface area contributed by atoms with Gasteiger partial charge in [0.2, 0.25) is 5.91 Å². The van der Waals surface area contributed by atoms with E-state index in [1.54, 1.807) is 11.3 Å². The zero-order valence-electron chi connectivity index (χ0n) is 9.16. The van der Waals surface area contributed by atoms with Crippen molar-refractivity contribution >= 4 is 29.0 Å². The van der Waals surface area contributed by atoms with Gasteiger partial charge in [-0.05, 0) is 11.4 Å². The number of thiophene rings is 1. The number of carbonyl (C=O) groups excluding carboxylic acids is 1. The highest BCUT2D eigenvalue weighted by Crippen LogP contribution is 2.16. The van der Waals surface area contributed by atoms with E-state index in [1.165, 1.54) is 4.88 Å². The van der Waals surface area contributed by atoms with Gasteiger partial charge in [0.1, 0.15) is 0 Å². The fourth-order valence-corrected chi connectivity index (χ4v) is 2.72. The maximum Gasteiger partial charge on any atom is 0.222 e. The lowest BCUT2D eigenvalue weighted by Crippen LogP contribution is -2.29. The van der Waals surface area contributed by atoms with Crippen LogP contribution < -0.4 is 5.32 Å². The summed E-state index contributed by atoms with van der Waals surface area (Å²) in [4.78, 5) is 12.6. The van der Waals surface area contributed by atoms with Crippen molar-refractivity contribution in [3.63, 3.8) is 0 Å². The lowest BCUT2D eigenvalue weighted by atomic mass is 10.2. The van der Waals surface area contributed by atoms with Crippen LogP contribution in [0.2, 0.25) is 0 Å². The SMILES string of the molecule is CC(C)C(=O)NCCSCc1cccs1. The fraction of sp³-hybridized carbons (Fsp3) is 0.545. The van der Waals surface area contributed by atoms with Gasteiger partial charge < -0.3 is 5.32 Å². The van der Waals surface area contributed by atoms with E-state index in [4.69, 9.17) is 0 Å². The van der Waals surface area contributed by atoms with E-state index in [2.05, 4.69) is 22.8 Å². The number of thioether (sulfide) groups is 1. The molecule has 1 N–H and O–H groups in total. The maximum absolute atomic E-state index is 11.2. The molecule has 4 heteroatoms. The van der Waals surface area contributed by atoms with Gasteiger partial charge in [-0.15, -0.1) is 11.3 Å². The molecule has 1 rings (SSSR count). The highest BCUT2D eigenvalue weighted by molar-refractivity contribution is 7.98. The second kappa shape index (κ2) is 6.90. The highest BCUT2D eigenvalue weighted by atomic mass is 32.2. The van der Waals surface area contributed by atoms with Crippen molar-refractivity contribution in [3.8, 4) is 0 Å². The van der Waals surface area contributed by atoms with Crippen LogP contribution >= 0.6 is 23.1 Å². The molecule has 0 aliphatic heterocycles. The van der Waals surface area contributed by atoms with Crippen LogP contribution in [0.3, 0.4) is 0 Å². The average Bonchev–Trinajstić information content (AvgIpc) is 2.69. The number of hydrogen-bond donors (Lipinski definition) is 1. The summed E-state index contributed by atoms with van der Waals surface area (Å²) in [6, 6.07) is 4.21. The van der Waals surface area contributed by atoms with Crippen molar-refractivity contribution in [1.82, 2.24) is 5.32 Å². The Labute approximate surface area is 99.5 Å². The van der Waals surface area contributed by atoms with Crippen molar-refractivity contribution in [2.45, 2.75) is 19.6 Å². The van der Waals surface area contributed by atoms with Gasteiger partial charge in [0.15, 0.2) is 0 Å². The standard InChI is InChI=1S/C11H17NOS2/c1-9(2)11(13)12-5-7-14-8-10-4-3-6-15-10/h3-4,6,9H,5,7-8H2,1-2H3,(H,12,13). The van der Waals surface area contributed by atoms with Crippen LogP contribution in [-0.2, 0) is 10.5 Å². The first-order valence-corrected chi connectivity index (χ1v) is 7.11.